The van der Waals surface area contributed by atoms with Gasteiger partial charge in [-0.2, -0.15) is 9.97 Å². The van der Waals surface area contributed by atoms with Crippen molar-refractivity contribution in [2.24, 2.45) is 0 Å². The molecule has 0 bridgehead atoms. The molecule has 0 spiro atoms. The van der Waals surface area contributed by atoms with Crippen molar-refractivity contribution in [2.45, 2.75) is 6.42 Å². The van der Waals surface area contributed by atoms with E-state index >= 15 is 0 Å². The lowest BCUT2D eigenvalue weighted by atomic mass is 10.1. The molecule has 0 aliphatic carbocycles. The van der Waals surface area contributed by atoms with Crippen LogP contribution in [-0.2, 0) is 6.42 Å². The monoisotopic (exact) mass is 384 g/mol. The lowest BCUT2D eigenvalue weighted by Gasteiger charge is -2.11. The molecule has 8 nitrogen and oxygen atoms in total. The Morgan fingerprint density at radius 2 is 1.89 bits per heavy atom. The second kappa shape index (κ2) is 8.33. The van der Waals surface area contributed by atoms with Crippen molar-refractivity contribution < 1.29 is 4.92 Å². The number of aromatic nitrogens is 2. The molecule has 0 aliphatic heterocycles. The Morgan fingerprint density at radius 1 is 1.11 bits per heavy atom. The summed E-state index contributed by atoms with van der Waals surface area (Å²) in [6.45, 7) is 0.553. The van der Waals surface area contributed by atoms with Crippen molar-refractivity contribution in [3.63, 3.8) is 0 Å². The van der Waals surface area contributed by atoms with Crippen LogP contribution in [0.1, 0.15) is 5.56 Å². The normalized spacial score (nSPS) is 10.4. The van der Waals surface area contributed by atoms with Gasteiger partial charge in [0.1, 0.15) is 0 Å². The molecule has 0 unspecified atom stereocenters. The highest BCUT2D eigenvalue weighted by atomic mass is 35.5. The van der Waals surface area contributed by atoms with Crippen molar-refractivity contribution in [1.82, 2.24) is 9.97 Å². The van der Waals surface area contributed by atoms with E-state index in [0.717, 1.165) is 12.0 Å². The Kier molecular flexibility index (Phi) is 5.68. The fourth-order valence-electron chi connectivity index (χ4n) is 2.48. The van der Waals surface area contributed by atoms with Gasteiger partial charge in [0, 0.05) is 17.3 Å². The maximum absolute atomic E-state index is 11.4. The van der Waals surface area contributed by atoms with E-state index < -0.39 is 4.92 Å². The first-order valence-corrected chi connectivity index (χ1v) is 8.53. The largest absolute Gasteiger partial charge is 0.378 e. The van der Waals surface area contributed by atoms with E-state index in [-0.39, 0.29) is 23.3 Å². The molecule has 27 heavy (non-hydrogen) atoms. The Morgan fingerprint density at radius 3 is 2.59 bits per heavy atom. The summed E-state index contributed by atoms with van der Waals surface area (Å²) in [7, 11) is 0. The van der Waals surface area contributed by atoms with Crippen LogP contribution in [0.2, 0.25) is 5.02 Å². The van der Waals surface area contributed by atoms with Crippen LogP contribution >= 0.6 is 11.6 Å². The van der Waals surface area contributed by atoms with Gasteiger partial charge in [0.2, 0.25) is 17.6 Å². The molecular formula is C18H17ClN6O2. The Bertz CT molecular complexity index is 952. The molecule has 138 valence electrons. The Balaban J connectivity index is 1.81. The minimum atomic E-state index is -0.615. The fraction of sp³-hybridized carbons (Fsp3) is 0.111. The zero-order valence-corrected chi connectivity index (χ0v) is 15.0. The molecule has 0 atom stereocenters. The summed E-state index contributed by atoms with van der Waals surface area (Å²) < 4.78 is 0. The predicted octanol–water partition coefficient (Wildman–Crippen LogP) is 4.02. The number of hydrogen-bond donors (Lipinski definition) is 3. The summed E-state index contributed by atoms with van der Waals surface area (Å²) in [5.74, 6) is -0.0164. The van der Waals surface area contributed by atoms with Gasteiger partial charge in [-0.05, 0) is 30.2 Å². The van der Waals surface area contributed by atoms with Gasteiger partial charge in [0.05, 0.1) is 4.92 Å². The Labute approximate surface area is 160 Å². The molecular weight excluding hydrogens is 368 g/mol. The van der Waals surface area contributed by atoms with Crippen LogP contribution in [0.15, 0.2) is 54.6 Å². The molecule has 9 heteroatoms. The van der Waals surface area contributed by atoms with E-state index in [2.05, 4.69) is 20.6 Å². The third kappa shape index (κ3) is 4.83. The number of nitrogens with two attached hydrogens (primary N) is 1. The number of rotatable bonds is 7. The smallest absolute Gasteiger partial charge is 0.353 e. The van der Waals surface area contributed by atoms with E-state index in [4.69, 9.17) is 17.3 Å². The van der Waals surface area contributed by atoms with Crippen molar-refractivity contribution in [3.05, 3.63) is 75.3 Å². The predicted molar refractivity (Wildman–Crippen MR) is 106 cm³/mol. The molecule has 4 N–H and O–H groups in total. The quantitative estimate of drug-likeness (QED) is 0.415. The van der Waals surface area contributed by atoms with E-state index in [0.29, 0.717) is 17.3 Å². The van der Waals surface area contributed by atoms with Gasteiger partial charge in [-0.15, -0.1) is 0 Å². The first kappa shape index (κ1) is 18.4. The molecule has 0 saturated carbocycles. The molecule has 0 radical (unpaired) electrons. The van der Waals surface area contributed by atoms with Gasteiger partial charge in [0.15, 0.2) is 0 Å². The van der Waals surface area contributed by atoms with Gasteiger partial charge >= 0.3 is 5.69 Å². The van der Waals surface area contributed by atoms with Gasteiger partial charge < -0.3 is 16.4 Å². The highest BCUT2D eigenvalue weighted by molar-refractivity contribution is 6.30. The molecule has 0 saturated heterocycles. The average molecular weight is 385 g/mol. The number of hydrogen-bond acceptors (Lipinski definition) is 7. The van der Waals surface area contributed by atoms with Crippen molar-refractivity contribution >= 4 is 40.6 Å². The maximum atomic E-state index is 11.4. The van der Waals surface area contributed by atoms with Crippen LogP contribution < -0.4 is 16.4 Å². The number of anilines is 4. The van der Waals surface area contributed by atoms with E-state index in [1.807, 2.05) is 30.3 Å². The van der Waals surface area contributed by atoms with Crippen LogP contribution in [-0.4, -0.2) is 21.4 Å². The van der Waals surface area contributed by atoms with Gasteiger partial charge in [-0.1, -0.05) is 48.0 Å². The topological polar surface area (TPSA) is 119 Å². The second-order valence-corrected chi connectivity index (χ2v) is 6.12. The first-order chi connectivity index (χ1) is 13.0. The number of halogens is 1. The van der Waals surface area contributed by atoms with Crippen molar-refractivity contribution in [3.8, 4) is 0 Å². The molecule has 1 heterocycles. The zero-order valence-electron chi connectivity index (χ0n) is 14.2. The molecule has 0 fully saturated rings. The molecule has 3 aromatic rings. The van der Waals surface area contributed by atoms with E-state index in [1.165, 1.54) is 0 Å². The van der Waals surface area contributed by atoms with Crippen LogP contribution in [0, 0.1) is 10.1 Å². The highest BCUT2D eigenvalue weighted by Gasteiger charge is 2.23. The molecule has 2 aromatic carbocycles. The van der Waals surface area contributed by atoms with Gasteiger partial charge in [-0.3, -0.25) is 10.1 Å². The molecule has 0 aliphatic rings. The third-order valence-corrected chi connectivity index (χ3v) is 3.96. The zero-order chi connectivity index (χ0) is 19.2. The maximum Gasteiger partial charge on any atom is 0.353 e. The summed E-state index contributed by atoms with van der Waals surface area (Å²) in [5, 5.41) is 17.8. The number of nitrogens with zero attached hydrogens (tertiary/aromatic N) is 3. The minimum absolute atomic E-state index is 0.00280. The van der Waals surface area contributed by atoms with Crippen LogP contribution in [0.25, 0.3) is 0 Å². The highest BCUT2D eigenvalue weighted by Crippen LogP contribution is 2.31. The lowest BCUT2D eigenvalue weighted by molar-refractivity contribution is -0.383. The minimum Gasteiger partial charge on any atom is -0.378 e. The summed E-state index contributed by atoms with van der Waals surface area (Å²) in [4.78, 5) is 19.0. The van der Waals surface area contributed by atoms with Crippen LogP contribution in [0.3, 0.4) is 0 Å². The first-order valence-electron chi connectivity index (χ1n) is 8.15. The number of benzene rings is 2. The Hall–Kier alpha value is -3.39. The van der Waals surface area contributed by atoms with Gasteiger partial charge in [0.25, 0.3) is 0 Å². The fourth-order valence-corrected chi connectivity index (χ4v) is 2.67. The van der Waals surface area contributed by atoms with Crippen LogP contribution in [0.4, 0.5) is 29.0 Å². The average Bonchev–Trinajstić information content (AvgIpc) is 2.62. The summed E-state index contributed by atoms with van der Waals surface area (Å²) in [5.41, 5.74) is 7.11. The SMILES string of the molecule is Nc1nc(NCCc2ccccc2)nc(Nc2cccc(Cl)c2)c1[N+](=O)[O-]. The van der Waals surface area contributed by atoms with Crippen molar-refractivity contribution in [2.75, 3.05) is 22.9 Å². The molecule has 1 aromatic heterocycles. The van der Waals surface area contributed by atoms with Gasteiger partial charge in [-0.25, -0.2) is 0 Å². The summed E-state index contributed by atoms with van der Waals surface area (Å²) in [6, 6.07) is 16.7. The number of nitrogens with one attached hydrogen (secondary N) is 2. The number of nitrogen functional groups attached to an aromatic ring is 1. The van der Waals surface area contributed by atoms with E-state index in [1.54, 1.807) is 24.3 Å². The number of nitro groups is 1. The summed E-state index contributed by atoms with van der Waals surface area (Å²) in [6.07, 6.45) is 0.748. The van der Waals surface area contributed by atoms with E-state index in [9.17, 15) is 10.1 Å². The summed E-state index contributed by atoms with van der Waals surface area (Å²) >= 11 is 5.96. The van der Waals surface area contributed by atoms with Crippen molar-refractivity contribution in [1.29, 1.82) is 0 Å². The molecule has 0 amide bonds. The second-order valence-electron chi connectivity index (χ2n) is 5.68. The molecule has 3 rings (SSSR count). The standard InChI is InChI=1S/C18H17ClN6O2/c19-13-7-4-8-14(11-13)22-17-15(25(26)27)16(20)23-18(24-17)21-10-9-12-5-2-1-3-6-12/h1-8,11H,9-10H2,(H4,20,21,22,23,24). The van der Waals surface area contributed by atoms with Crippen LogP contribution in [0.5, 0.6) is 0 Å². The lowest BCUT2D eigenvalue weighted by Crippen LogP contribution is -2.12. The third-order valence-electron chi connectivity index (χ3n) is 3.72.